The first-order valence-electron chi connectivity index (χ1n) is 4.04. The molecule has 0 aliphatic heterocycles. The van der Waals surface area contributed by atoms with Gasteiger partial charge in [0, 0.05) is 12.5 Å². The average molecular weight is 140 g/mol. The lowest BCUT2D eigenvalue weighted by atomic mass is 10.0. The second-order valence-electron chi connectivity index (χ2n) is 2.97. The van der Waals surface area contributed by atoms with Gasteiger partial charge >= 0.3 is 0 Å². The van der Waals surface area contributed by atoms with Gasteiger partial charge in [-0.2, -0.15) is 0 Å². The Labute approximate surface area is 63.1 Å². The lowest BCUT2D eigenvalue weighted by Crippen LogP contribution is -2.17. The Kier molecular flexibility index (Phi) is 2.50. The van der Waals surface area contributed by atoms with Gasteiger partial charge in [0.2, 0.25) is 0 Å². The number of hydrogen-bond acceptors (Lipinski definition) is 1. The van der Waals surface area contributed by atoms with Crippen LogP contribution in [0.25, 0.3) is 0 Å². The molecule has 10 heavy (non-hydrogen) atoms. The summed E-state index contributed by atoms with van der Waals surface area (Å²) < 4.78 is 5.53. The van der Waals surface area contributed by atoms with Crippen LogP contribution in [0.15, 0.2) is 11.6 Å². The fourth-order valence-electron chi connectivity index (χ4n) is 1.41. The Balaban J connectivity index is 2.40. The Morgan fingerprint density at radius 3 is 2.80 bits per heavy atom. The molecule has 1 aliphatic rings. The van der Waals surface area contributed by atoms with Gasteiger partial charge in [0.15, 0.2) is 0 Å². The molecule has 0 heterocycles. The molecule has 0 bridgehead atoms. The molecule has 0 saturated carbocycles. The highest BCUT2D eigenvalue weighted by molar-refractivity contribution is 5.12. The smallest absolute Gasteiger partial charge is 0.0671 e. The minimum atomic E-state index is 0.463. The molecule has 2 atom stereocenters. The lowest BCUT2D eigenvalue weighted by molar-refractivity contribution is 0.0455. The molecule has 0 aromatic rings. The normalized spacial score (nSPS) is 32.5. The molecule has 0 saturated heterocycles. The zero-order valence-corrected chi connectivity index (χ0v) is 7.05. The van der Waals surface area contributed by atoms with E-state index in [9.17, 15) is 0 Å². The van der Waals surface area contributed by atoms with E-state index in [2.05, 4.69) is 26.8 Å². The fourth-order valence-corrected chi connectivity index (χ4v) is 1.41. The van der Waals surface area contributed by atoms with Crippen LogP contribution in [0.3, 0.4) is 0 Å². The molecule has 0 amide bonds. The highest BCUT2D eigenvalue weighted by Gasteiger charge is 2.22. The third kappa shape index (κ3) is 1.40. The van der Waals surface area contributed by atoms with Gasteiger partial charge in [-0.15, -0.1) is 0 Å². The van der Waals surface area contributed by atoms with Gasteiger partial charge < -0.3 is 4.74 Å². The van der Waals surface area contributed by atoms with Crippen LogP contribution in [0.4, 0.5) is 0 Å². The van der Waals surface area contributed by atoms with Gasteiger partial charge in [0.05, 0.1) is 6.10 Å². The van der Waals surface area contributed by atoms with Crippen molar-refractivity contribution in [2.75, 3.05) is 6.61 Å². The first-order valence-corrected chi connectivity index (χ1v) is 4.04. The van der Waals surface area contributed by atoms with Crippen LogP contribution in [0, 0.1) is 5.92 Å². The van der Waals surface area contributed by atoms with Gasteiger partial charge in [-0.1, -0.05) is 18.6 Å². The van der Waals surface area contributed by atoms with Crippen molar-refractivity contribution in [3.05, 3.63) is 11.6 Å². The third-order valence-corrected chi connectivity index (χ3v) is 2.33. The van der Waals surface area contributed by atoms with Crippen molar-refractivity contribution in [1.82, 2.24) is 0 Å². The summed E-state index contributed by atoms with van der Waals surface area (Å²) in [4.78, 5) is 0. The minimum absolute atomic E-state index is 0.463. The van der Waals surface area contributed by atoms with E-state index in [1.165, 1.54) is 5.57 Å². The maximum Gasteiger partial charge on any atom is 0.0671 e. The van der Waals surface area contributed by atoms with Crippen molar-refractivity contribution >= 4 is 0 Å². The van der Waals surface area contributed by atoms with E-state index >= 15 is 0 Å². The minimum Gasteiger partial charge on any atom is -0.378 e. The van der Waals surface area contributed by atoms with Crippen LogP contribution in [0.2, 0.25) is 0 Å². The highest BCUT2D eigenvalue weighted by Crippen LogP contribution is 2.27. The number of hydrogen-bond donors (Lipinski definition) is 0. The fraction of sp³-hybridized carbons (Fsp3) is 0.778. The maximum absolute atomic E-state index is 5.53. The first kappa shape index (κ1) is 7.80. The van der Waals surface area contributed by atoms with Crippen LogP contribution in [0.1, 0.15) is 27.2 Å². The molecular weight excluding hydrogens is 124 g/mol. The van der Waals surface area contributed by atoms with E-state index in [0.29, 0.717) is 12.0 Å². The summed E-state index contributed by atoms with van der Waals surface area (Å²) in [6, 6.07) is 0. The quantitative estimate of drug-likeness (QED) is 0.535. The van der Waals surface area contributed by atoms with Gasteiger partial charge in [0.25, 0.3) is 0 Å². The molecule has 0 aromatic heterocycles. The standard InChI is InChI=1S/C9H16O/c1-4-10-9-6-5-7(2)8(9)3/h5,8-9H,4,6H2,1-3H3/t8-,9?/m1/s1. The molecular formula is C9H16O. The SMILES string of the molecule is CCOC1CC=C(C)[C@H]1C. The van der Waals surface area contributed by atoms with Gasteiger partial charge in [-0.3, -0.25) is 0 Å². The second-order valence-corrected chi connectivity index (χ2v) is 2.97. The summed E-state index contributed by atoms with van der Waals surface area (Å²) in [5, 5.41) is 0. The van der Waals surface area contributed by atoms with E-state index in [0.717, 1.165) is 13.0 Å². The van der Waals surface area contributed by atoms with Crippen molar-refractivity contribution < 1.29 is 4.74 Å². The average Bonchev–Trinajstić information content (AvgIpc) is 2.20. The number of ether oxygens (including phenoxy) is 1. The van der Waals surface area contributed by atoms with Crippen molar-refractivity contribution in [1.29, 1.82) is 0 Å². The zero-order chi connectivity index (χ0) is 7.56. The Morgan fingerprint density at radius 2 is 2.40 bits per heavy atom. The summed E-state index contributed by atoms with van der Waals surface area (Å²) in [5.74, 6) is 0.639. The van der Waals surface area contributed by atoms with Crippen LogP contribution in [-0.2, 0) is 4.74 Å². The van der Waals surface area contributed by atoms with Crippen LogP contribution >= 0.6 is 0 Å². The molecule has 0 fully saturated rings. The molecule has 1 rings (SSSR count). The van der Waals surface area contributed by atoms with Gasteiger partial charge in [-0.25, -0.2) is 0 Å². The monoisotopic (exact) mass is 140 g/mol. The zero-order valence-electron chi connectivity index (χ0n) is 7.05. The number of rotatable bonds is 2. The van der Waals surface area contributed by atoms with Crippen LogP contribution < -0.4 is 0 Å². The lowest BCUT2D eigenvalue weighted by Gasteiger charge is -2.16. The second kappa shape index (κ2) is 3.20. The topological polar surface area (TPSA) is 9.23 Å². The first-order chi connectivity index (χ1) is 4.75. The summed E-state index contributed by atoms with van der Waals surface area (Å²) >= 11 is 0. The summed E-state index contributed by atoms with van der Waals surface area (Å²) in [7, 11) is 0. The van der Waals surface area contributed by atoms with Crippen molar-refractivity contribution in [2.24, 2.45) is 5.92 Å². The molecule has 0 radical (unpaired) electrons. The van der Waals surface area contributed by atoms with E-state index in [-0.39, 0.29) is 0 Å². The van der Waals surface area contributed by atoms with Crippen molar-refractivity contribution in [3.8, 4) is 0 Å². The Bertz CT molecular complexity index is 138. The van der Waals surface area contributed by atoms with E-state index in [1.807, 2.05) is 0 Å². The van der Waals surface area contributed by atoms with E-state index in [4.69, 9.17) is 4.74 Å². The molecule has 1 nitrogen and oxygen atoms in total. The van der Waals surface area contributed by atoms with Crippen molar-refractivity contribution in [2.45, 2.75) is 33.3 Å². The molecule has 0 spiro atoms. The summed E-state index contributed by atoms with van der Waals surface area (Å²) in [6.45, 7) is 7.32. The third-order valence-electron chi connectivity index (χ3n) is 2.33. The predicted octanol–water partition coefficient (Wildman–Crippen LogP) is 2.38. The summed E-state index contributed by atoms with van der Waals surface area (Å²) in [6.07, 6.45) is 3.86. The Hall–Kier alpha value is -0.300. The molecule has 0 N–H and O–H groups in total. The van der Waals surface area contributed by atoms with Gasteiger partial charge in [0.1, 0.15) is 0 Å². The van der Waals surface area contributed by atoms with Crippen LogP contribution in [0.5, 0.6) is 0 Å². The summed E-state index contributed by atoms with van der Waals surface area (Å²) in [5.41, 5.74) is 1.48. The predicted molar refractivity (Wildman–Crippen MR) is 43.0 cm³/mol. The van der Waals surface area contributed by atoms with Gasteiger partial charge in [-0.05, 0) is 20.3 Å². The van der Waals surface area contributed by atoms with E-state index in [1.54, 1.807) is 0 Å². The molecule has 58 valence electrons. The highest BCUT2D eigenvalue weighted by atomic mass is 16.5. The molecule has 0 aromatic carbocycles. The molecule has 1 heteroatoms. The van der Waals surface area contributed by atoms with Crippen LogP contribution in [-0.4, -0.2) is 12.7 Å². The Morgan fingerprint density at radius 1 is 1.70 bits per heavy atom. The van der Waals surface area contributed by atoms with Crippen molar-refractivity contribution in [3.63, 3.8) is 0 Å². The van der Waals surface area contributed by atoms with E-state index < -0.39 is 0 Å². The molecule has 1 unspecified atom stereocenters. The maximum atomic E-state index is 5.53. The molecule has 1 aliphatic carbocycles. The largest absolute Gasteiger partial charge is 0.378 e.